The number of nitrogens with zero attached hydrogens (tertiary/aromatic N) is 1. The highest BCUT2D eigenvalue weighted by Gasteiger charge is 2.04. The number of rotatable bonds is 7. The number of carbonyl (C=O) groups is 1. The average molecular weight is 343 g/mol. The van der Waals surface area contributed by atoms with Crippen molar-refractivity contribution in [3.8, 4) is 0 Å². The summed E-state index contributed by atoms with van der Waals surface area (Å²) in [6.45, 7) is 2.65. The number of benzene rings is 2. The van der Waals surface area contributed by atoms with Gasteiger partial charge in [0, 0.05) is 37.0 Å². The van der Waals surface area contributed by atoms with Crippen molar-refractivity contribution in [1.29, 1.82) is 0 Å². The number of halogens is 1. The van der Waals surface area contributed by atoms with Crippen LogP contribution in [0.1, 0.15) is 12.5 Å². The normalized spacial score (nSPS) is 11.0. The van der Waals surface area contributed by atoms with Crippen LogP contribution in [0, 0.1) is 15.9 Å². The first-order valence-electron chi connectivity index (χ1n) is 7.66. The molecule has 25 heavy (non-hydrogen) atoms. The van der Waals surface area contributed by atoms with E-state index in [4.69, 9.17) is 0 Å². The van der Waals surface area contributed by atoms with Crippen LogP contribution in [0.5, 0.6) is 0 Å². The summed E-state index contributed by atoms with van der Waals surface area (Å²) in [6.07, 6.45) is 1.46. The number of hydrogen-bond donors (Lipinski definition) is 2. The van der Waals surface area contributed by atoms with E-state index in [1.807, 2.05) is 0 Å². The first-order chi connectivity index (χ1) is 12.0. The molecule has 0 fully saturated rings. The van der Waals surface area contributed by atoms with E-state index in [-0.39, 0.29) is 17.4 Å². The number of hydrogen-bond acceptors (Lipinski definition) is 4. The van der Waals surface area contributed by atoms with Crippen LogP contribution in [0.2, 0.25) is 0 Å². The summed E-state index contributed by atoms with van der Waals surface area (Å²) < 4.78 is 12.9. The van der Waals surface area contributed by atoms with Crippen LogP contribution >= 0.6 is 0 Å². The molecule has 0 aliphatic rings. The summed E-state index contributed by atoms with van der Waals surface area (Å²) >= 11 is 0. The minimum Gasteiger partial charge on any atom is -0.383 e. The van der Waals surface area contributed by atoms with Crippen LogP contribution in [0.4, 0.5) is 15.8 Å². The maximum absolute atomic E-state index is 12.9. The molecule has 130 valence electrons. The number of non-ortho nitro benzene ring substituents is 1. The van der Waals surface area contributed by atoms with Gasteiger partial charge in [-0.2, -0.15) is 0 Å². The topological polar surface area (TPSA) is 84.3 Å². The summed E-state index contributed by atoms with van der Waals surface area (Å²) in [6, 6.07) is 12.0. The Balaban J connectivity index is 1.77. The summed E-state index contributed by atoms with van der Waals surface area (Å²) in [7, 11) is 0. The van der Waals surface area contributed by atoms with Crippen LogP contribution in [0.3, 0.4) is 0 Å². The molecule has 2 aromatic carbocycles. The summed E-state index contributed by atoms with van der Waals surface area (Å²) in [5.41, 5.74) is 2.28. The molecule has 0 radical (unpaired) electrons. The van der Waals surface area contributed by atoms with Crippen molar-refractivity contribution in [2.45, 2.75) is 6.92 Å². The minimum atomic E-state index is -0.459. The van der Waals surface area contributed by atoms with Gasteiger partial charge in [-0.25, -0.2) is 4.39 Å². The molecule has 1 amide bonds. The summed E-state index contributed by atoms with van der Waals surface area (Å²) in [5, 5.41) is 16.4. The highest BCUT2D eigenvalue weighted by atomic mass is 19.1. The van der Waals surface area contributed by atoms with Crippen molar-refractivity contribution in [3.05, 3.63) is 76.1 Å². The third-order valence-corrected chi connectivity index (χ3v) is 3.48. The Hall–Kier alpha value is -3.22. The molecule has 0 aromatic heterocycles. The Labute approximate surface area is 144 Å². The van der Waals surface area contributed by atoms with E-state index in [0.29, 0.717) is 13.1 Å². The standard InChI is InChI=1S/C18H18FN3O3/c1-13(14-2-4-15(19)5-3-14)12-18(23)21-11-10-20-16-6-8-17(9-7-16)22(24)25/h2-9,12,20H,10-11H2,1H3,(H,21,23)/b13-12-. The zero-order chi connectivity index (χ0) is 18.2. The highest BCUT2D eigenvalue weighted by Crippen LogP contribution is 2.15. The van der Waals surface area contributed by atoms with Gasteiger partial charge in [-0.1, -0.05) is 12.1 Å². The molecular formula is C18H18FN3O3. The van der Waals surface area contributed by atoms with Gasteiger partial charge in [-0.3, -0.25) is 14.9 Å². The highest BCUT2D eigenvalue weighted by molar-refractivity contribution is 5.94. The molecule has 2 aromatic rings. The number of amides is 1. The fourth-order valence-corrected chi connectivity index (χ4v) is 2.14. The molecule has 0 aliphatic carbocycles. The predicted octanol–water partition coefficient (Wildman–Crippen LogP) is 3.37. The zero-order valence-electron chi connectivity index (χ0n) is 13.7. The molecule has 0 spiro atoms. The lowest BCUT2D eigenvalue weighted by Gasteiger charge is -2.07. The van der Waals surface area contributed by atoms with Crippen molar-refractivity contribution in [2.24, 2.45) is 0 Å². The van der Waals surface area contributed by atoms with Crippen molar-refractivity contribution in [2.75, 3.05) is 18.4 Å². The quantitative estimate of drug-likeness (QED) is 0.349. The van der Waals surface area contributed by atoms with Gasteiger partial charge in [0.15, 0.2) is 0 Å². The molecule has 2 rings (SSSR count). The fourth-order valence-electron chi connectivity index (χ4n) is 2.14. The van der Waals surface area contributed by atoms with Crippen LogP contribution in [-0.2, 0) is 4.79 Å². The molecule has 0 heterocycles. The molecule has 0 aliphatic heterocycles. The maximum atomic E-state index is 12.9. The largest absolute Gasteiger partial charge is 0.383 e. The van der Waals surface area contributed by atoms with E-state index in [1.165, 1.54) is 30.3 Å². The molecule has 0 saturated heterocycles. The first-order valence-corrected chi connectivity index (χ1v) is 7.66. The van der Waals surface area contributed by atoms with Gasteiger partial charge in [-0.15, -0.1) is 0 Å². The lowest BCUT2D eigenvalue weighted by atomic mass is 10.1. The Kier molecular flexibility index (Phi) is 6.22. The van der Waals surface area contributed by atoms with Crippen molar-refractivity contribution in [1.82, 2.24) is 5.32 Å². The van der Waals surface area contributed by atoms with E-state index in [0.717, 1.165) is 16.8 Å². The lowest BCUT2D eigenvalue weighted by Crippen LogP contribution is -2.27. The average Bonchev–Trinajstić information content (AvgIpc) is 2.59. The predicted molar refractivity (Wildman–Crippen MR) is 94.6 cm³/mol. The molecule has 2 N–H and O–H groups in total. The number of carbonyl (C=O) groups excluding carboxylic acids is 1. The summed E-state index contributed by atoms with van der Waals surface area (Å²) in [5.74, 6) is -0.564. The number of anilines is 1. The van der Waals surface area contributed by atoms with Crippen molar-refractivity contribution in [3.63, 3.8) is 0 Å². The van der Waals surface area contributed by atoms with E-state index in [1.54, 1.807) is 31.2 Å². The monoisotopic (exact) mass is 343 g/mol. The van der Waals surface area contributed by atoms with Crippen LogP contribution < -0.4 is 10.6 Å². The first kappa shape index (κ1) is 18.1. The molecule has 0 bridgehead atoms. The van der Waals surface area contributed by atoms with Crippen LogP contribution in [-0.4, -0.2) is 23.9 Å². The van der Waals surface area contributed by atoms with E-state index in [9.17, 15) is 19.3 Å². The number of nitro benzene ring substituents is 1. The minimum absolute atomic E-state index is 0.0280. The van der Waals surface area contributed by atoms with Gasteiger partial charge in [0.2, 0.25) is 5.91 Å². The van der Waals surface area contributed by atoms with Gasteiger partial charge in [0.05, 0.1) is 4.92 Å². The second kappa shape index (κ2) is 8.58. The van der Waals surface area contributed by atoms with E-state index < -0.39 is 4.92 Å². The van der Waals surface area contributed by atoms with Crippen LogP contribution in [0.25, 0.3) is 5.57 Å². The van der Waals surface area contributed by atoms with Crippen LogP contribution in [0.15, 0.2) is 54.6 Å². The SMILES string of the molecule is C/C(=C/C(=O)NCCNc1ccc([N+](=O)[O-])cc1)c1ccc(F)cc1. The zero-order valence-corrected chi connectivity index (χ0v) is 13.7. The second-order valence-corrected chi connectivity index (χ2v) is 5.36. The van der Waals surface area contributed by atoms with Gasteiger partial charge in [0.25, 0.3) is 5.69 Å². The lowest BCUT2D eigenvalue weighted by molar-refractivity contribution is -0.384. The Bertz CT molecular complexity index is 771. The second-order valence-electron chi connectivity index (χ2n) is 5.36. The van der Waals surface area contributed by atoms with E-state index in [2.05, 4.69) is 10.6 Å². The third kappa shape index (κ3) is 5.72. The van der Waals surface area contributed by atoms with E-state index >= 15 is 0 Å². The van der Waals surface area contributed by atoms with Crippen molar-refractivity contribution < 1.29 is 14.1 Å². The number of allylic oxidation sites excluding steroid dienone is 1. The maximum Gasteiger partial charge on any atom is 0.269 e. The Morgan fingerprint density at radius 3 is 2.36 bits per heavy atom. The molecule has 7 heteroatoms. The van der Waals surface area contributed by atoms with Gasteiger partial charge >= 0.3 is 0 Å². The smallest absolute Gasteiger partial charge is 0.269 e. The summed E-state index contributed by atoms with van der Waals surface area (Å²) in [4.78, 5) is 22.0. The van der Waals surface area contributed by atoms with Gasteiger partial charge < -0.3 is 10.6 Å². The Morgan fingerprint density at radius 1 is 1.12 bits per heavy atom. The number of nitrogens with one attached hydrogen (secondary N) is 2. The van der Waals surface area contributed by atoms with Gasteiger partial charge in [-0.05, 0) is 42.3 Å². The number of nitro groups is 1. The third-order valence-electron chi connectivity index (χ3n) is 3.48. The van der Waals surface area contributed by atoms with Crippen molar-refractivity contribution >= 4 is 22.9 Å². The molecule has 0 atom stereocenters. The molecule has 0 saturated carbocycles. The molecule has 0 unspecified atom stereocenters. The Morgan fingerprint density at radius 2 is 1.76 bits per heavy atom. The fraction of sp³-hybridized carbons (Fsp3) is 0.167. The van der Waals surface area contributed by atoms with Gasteiger partial charge in [0.1, 0.15) is 5.82 Å². The molecule has 6 nitrogen and oxygen atoms in total. The molecular weight excluding hydrogens is 325 g/mol.